The first-order valence-corrected chi connectivity index (χ1v) is 5.31. The molecule has 1 unspecified atom stereocenters. The predicted octanol–water partition coefficient (Wildman–Crippen LogP) is 1.97. The molecule has 2 rings (SSSR count). The van der Waals surface area contributed by atoms with Crippen molar-refractivity contribution in [2.75, 3.05) is 14.2 Å². The Labute approximate surface area is 99.5 Å². The third-order valence-corrected chi connectivity index (χ3v) is 2.92. The second-order valence-electron chi connectivity index (χ2n) is 3.91. The van der Waals surface area contributed by atoms with Gasteiger partial charge in [0.15, 0.2) is 0 Å². The van der Waals surface area contributed by atoms with Crippen LogP contribution in [0.25, 0.3) is 6.08 Å². The van der Waals surface area contributed by atoms with Crippen molar-refractivity contribution in [2.24, 2.45) is 5.92 Å². The van der Waals surface area contributed by atoms with Crippen molar-refractivity contribution in [3.05, 3.63) is 29.3 Å². The number of hydrogen-bond donors (Lipinski definition) is 1. The Morgan fingerprint density at radius 2 is 2.12 bits per heavy atom. The van der Waals surface area contributed by atoms with E-state index in [0.29, 0.717) is 17.9 Å². The number of rotatable bonds is 3. The Kier molecular flexibility index (Phi) is 3.04. The summed E-state index contributed by atoms with van der Waals surface area (Å²) >= 11 is 0. The highest BCUT2D eigenvalue weighted by Gasteiger charge is 2.23. The standard InChI is InChI=1S/C13H14O4/c1-16-10-5-8-3-4-9(13(14)15)6-11(8)12(7-10)17-2/h3-5,7,9H,6H2,1-2H3,(H,14,15). The van der Waals surface area contributed by atoms with Crippen LogP contribution in [0.1, 0.15) is 11.1 Å². The first kappa shape index (κ1) is 11.5. The molecule has 0 aliphatic heterocycles. The fourth-order valence-corrected chi connectivity index (χ4v) is 1.99. The van der Waals surface area contributed by atoms with Gasteiger partial charge in [0, 0.05) is 11.6 Å². The first-order valence-electron chi connectivity index (χ1n) is 5.31. The maximum atomic E-state index is 11.0. The number of ether oxygens (including phenoxy) is 2. The summed E-state index contributed by atoms with van der Waals surface area (Å²) < 4.78 is 10.4. The Bertz CT molecular complexity index is 477. The topological polar surface area (TPSA) is 55.8 Å². The number of carboxylic acids is 1. The van der Waals surface area contributed by atoms with Gasteiger partial charge in [-0.2, -0.15) is 0 Å². The molecule has 0 radical (unpaired) electrons. The van der Waals surface area contributed by atoms with Crippen LogP contribution in [-0.2, 0) is 11.2 Å². The van der Waals surface area contributed by atoms with Crippen molar-refractivity contribution in [1.29, 1.82) is 0 Å². The number of methoxy groups -OCH3 is 2. The molecule has 0 fully saturated rings. The van der Waals surface area contributed by atoms with Crippen LogP contribution in [0.4, 0.5) is 0 Å². The minimum absolute atomic E-state index is 0.453. The zero-order valence-corrected chi connectivity index (χ0v) is 9.77. The van der Waals surface area contributed by atoms with Crippen molar-refractivity contribution >= 4 is 12.0 Å². The van der Waals surface area contributed by atoms with Gasteiger partial charge in [-0.1, -0.05) is 12.2 Å². The predicted molar refractivity (Wildman–Crippen MR) is 63.4 cm³/mol. The maximum absolute atomic E-state index is 11.0. The van der Waals surface area contributed by atoms with E-state index in [1.165, 1.54) is 0 Å². The Morgan fingerprint density at radius 1 is 1.35 bits per heavy atom. The van der Waals surface area contributed by atoms with Crippen LogP contribution in [-0.4, -0.2) is 25.3 Å². The van der Waals surface area contributed by atoms with E-state index >= 15 is 0 Å². The molecular formula is C13H14O4. The van der Waals surface area contributed by atoms with Crippen molar-refractivity contribution in [1.82, 2.24) is 0 Å². The summed E-state index contributed by atoms with van der Waals surface area (Å²) in [6, 6.07) is 3.66. The highest BCUT2D eigenvalue weighted by molar-refractivity contribution is 5.77. The fraction of sp³-hybridized carbons (Fsp3) is 0.308. The summed E-state index contributed by atoms with van der Waals surface area (Å²) in [5, 5.41) is 9.01. The van der Waals surface area contributed by atoms with Gasteiger partial charge in [0.05, 0.1) is 20.1 Å². The molecule has 1 aliphatic rings. The molecule has 1 aromatic carbocycles. The largest absolute Gasteiger partial charge is 0.497 e. The van der Waals surface area contributed by atoms with E-state index in [2.05, 4.69) is 0 Å². The van der Waals surface area contributed by atoms with Gasteiger partial charge in [-0.25, -0.2) is 0 Å². The first-order chi connectivity index (χ1) is 8.15. The zero-order chi connectivity index (χ0) is 12.4. The lowest BCUT2D eigenvalue weighted by atomic mass is 9.89. The molecule has 0 saturated carbocycles. The summed E-state index contributed by atoms with van der Waals surface area (Å²) in [5.41, 5.74) is 1.88. The van der Waals surface area contributed by atoms with Crippen LogP contribution in [0.5, 0.6) is 11.5 Å². The number of fused-ring (bicyclic) bond motifs is 1. The van der Waals surface area contributed by atoms with E-state index in [4.69, 9.17) is 14.6 Å². The van der Waals surface area contributed by atoms with Gasteiger partial charge in [0.2, 0.25) is 0 Å². The molecule has 0 spiro atoms. The highest BCUT2D eigenvalue weighted by Crippen LogP contribution is 2.34. The number of carboxylic acid groups (broad SMARTS) is 1. The number of hydrogen-bond acceptors (Lipinski definition) is 3. The molecule has 1 aromatic rings. The van der Waals surface area contributed by atoms with Gasteiger partial charge in [-0.05, 0) is 18.1 Å². The lowest BCUT2D eigenvalue weighted by molar-refractivity contribution is -0.140. The molecule has 4 nitrogen and oxygen atoms in total. The summed E-state index contributed by atoms with van der Waals surface area (Å²) in [7, 11) is 3.16. The molecule has 0 heterocycles. The number of aliphatic carboxylic acids is 1. The van der Waals surface area contributed by atoms with Gasteiger partial charge in [0.25, 0.3) is 0 Å². The van der Waals surface area contributed by atoms with Crippen LogP contribution < -0.4 is 9.47 Å². The quantitative estimate of drug-likeness (QED) is 0.868. The second-order valence-corrected chi connectivity index (χ2v) is 3.91. The van der Waals surface area contributed by atoms with E-state index in [0.717, 1.165) is 11.1 Å². The molecule has 0 amide bonds. The summed E-state index contributed by atoms with van der Waals surface area (Å²) in [5.74, 6) is 0.0866. The molecule has 17 heavy (non-hydrogen) atoms. The Hall–Kier alpha value is -1.97. The normalized spacial score (nSPS) is 17.4. The van der Waals surface area contributed by atoms with E-state index < -0.39 is 11.9 Å². The minimum atomic E-state index is -0.815. The second kappa shape index (κ2) is 4.49. The van der Waals surface area contributed by atoms with Crippen molar-refractivity contribution in [2.45, 2.75) is 6.42 Å². The fourth-order valence-electron chi connectivity index (χ4n) is 1.99. The van der Waals surface area contributed by atoms with Gasteiger partial charge in [-0.3, -0.25) is 4.79 Å². The minimum Gasteiger partial charge on any atom is -0.497 e. The molecule has 1 N–H and O–H groups in total. The van der Waals surface area contributed by atoms with Gasteiger partial charge in [0.1, 0.15) is 11.5 Å². The van der Waals surface area contributed by atoms with Gasteiger partial charge < -0.3 is 14.6 Å². The van der Waals surface area contributed by atoms with Gasteiger partial charge in [-0.15, -0.1) is 0 Å². The van der Waals surface area contributed by atoms with Crippen LogP contribution in [0, 0.1) is 5.92 Å². The molecule has 0 aromatic heterocycles. The number of carbonyl (C=O) groups is 1. The van der Waals surface area contributed by atoms with Crippen LogP contribution in [0.2, 0.25) is 0 Å². The third-order valence-electron chi connectivity index (χ3n) is 2.92. The molecule has 1 atom stereocenters. The lowest BCUT2D eigenvalue weighted by Crippen LogP contribution is -2.17. The average Bonchev–Trinajstić information content (AvgIpc) is 2.36. The van der Waals surface area contributed by atoms with Crippen molar-refractivity contribution in [3.63, 3.8) is 0 Å². The van der Waals surface area contributed by atoms with Crippen molar-refractivity contribution < 1.29 is 19.4 Å². The summed E-state index contributed by atoms with van der Waals surface area (Å²) in [6.07, 6.45) is 3.96. The van der Waals surface area contributed by atoms with Crippen LogP contribution >= 0.6 is 0 Å². The number of benzene rings is 1. The maximum Gasteiger partial charge on any atom is 0.310 e. The Balaban J connectivity index is 2.46. The lowest BCUT2D eigenvalue weighted by Gasteiger charge is -2.19. The van der Waals surface area contributed by atoms with E-state index in [1.807, 2.05) is 12.1 Å². The molecule has 0 saturated heterocycles. The van der Waals surface area contributed by atoms with Crippen molar-refractivity contribution in [3.8, 4) is 11.5 Å². The third kappa shape index (κ3) is 2.11. The molecule has 90 valence electrons. The molecule has 0 bridgehead atoms. The monoisotopic (exact) mass is 234 g/mol. The van der Waals surface area contributed by atoms with E-state index in [-0.39, 0.29) is 0 Å². The summed E-state index contributed by atoms with van der Waals surface area (Å²) in [4.78, 5) is 11.0. The Morgan fingerprint density at radius 3 is 2.71 bits per heavy atom. The average molecular weight is 234 g/mol. The molecule has 1 aliphatic carbocycles. The van der Waals surface area contributed by atoms with Crippen LogP contribution in [0.15, 0.2) is 18.2 Å². The molecular weight excluding hydrogens is 220 g/mol. The zero-order valence-electron chi connectivity index (χ0n) is 9.77. The molecule has 4 heteroatoms. The smallest absolute Gasteiger partial charge is 0.310 e. The van der Waals surface area contributed by atoms with E-state index in [9.17, 15) is 4.79 Å². The highest BCUT2D eigenvalue weighted by atomic mass is 16.5. The van der Waals surface area contributed by atoms with E-state index in [1.54, 1.807) is 26.4 Å². The van der Waals surface area contributed by atoms with Gasteiger partial charge >= 0.3 is 5.97 Å². The van der Waals surface area contributed by atoms with Crippen LogP contribution in [0.3, 0.4) is 0 Å². The summed E-state index contributed by atoms with van der Waals surface area (Å²) in [6.45, 7) is 0. The SMILES string of the molecule is COc1cc2c(c(OC)c1)CC(C(=O)O)C=C2.